The maximum atomic E-state index is 12.2. The fourth-order valence-corrected chi connectivity index (χ4v) is 2.66. The molecule has 0 fully saturated rings. The summed E-state index contributed by atoms with van der Waals surface area (Å²) in [5, 5.41) is 0.890. The molecule has 1 N–H and O–H groups in total. The van der Waals surface area contributed by atoms with Crippen molar-refractivity contribution < 1.29 is 4.42 Å². The lowest BCUT2D eigenvalue weighted by atomic mass is 10.2. The number of hydrogen-bond donors (Lipinski definition) is 1. The smallest absolute Gasteiger partial charge is 0.294 e. The van der Waals surface area contributed by atoms with Crippen LogP contribution < -0.4 is 5.56 Å². The van der Waals surface area contributed by atoms with E-state index in [1.54, 1.807) is 0 Å². The van der Waals surface area contributed by atoms with E-state index >= 15 is 0 Å². The van der Waals surface area contributed by atoms with Gasteiger partial charge in [0.1, 0.15) is 16.9 Å². The lowest BCUT2D eigenvalue weighted by Crippen LogP contribution is -2.26. The summed E-state index contributed by atoms with van der Waals surface area (Å²) in [6, 6.07) is 7.62. The van der Waals surface area contributed by atoms with Gasteiger partial charge in [-0.15, -0.1) is 0 Å². The van der Waals surface area contributed by atoms with Crippen LogP contribution in [0.3, 0.4) is 0 Å². The summed E-state index contributed by atoms with van der Waals surface area (Å²) >= 11 is 0. The molecule has 2 aromatic heterocycles. The minimum absolute atomic E-state index is 0.206. The zero-order valence-corrected chi connectivity index (χ0v) is 13.1. The van der Waals surface area contributed by atoms with Crippen molar-refractivity contribution in [2.24, 2.45) is 0 Å². The third kappa shape index (κ3) is 2.76. The maximum absolute atomic E-state index is 12.2. The number of unbranched alkanes of at least 4 members (excludes halogenated alkanes) is 1. The van der Waals surface area contributed by atoms with Crippen LogP contribution in [0.25, 0.3) is 22.1 Å². The molecular formula is C17H21N3O2. The monoisotopic (exact) mass is 299 g/mol. The van der Waals surface area contributed by atoms with Gasteiger partial charge >= 0.3 is 0 Å². The normalized spacial score (nSPS) is 11.8. The van der Waals surface area contributed by atoms with E-state index in [-0.39, 0.29) is 5.56 Å². The summed E-state index contributed by atoms with van der Waals surface area (Å²) in [7, 11) is 0. The van der Waals surface area contributed by atoms with Crippen molar-refractivity contribution in [3.05, 3.63) is 40.4 Å². The predicted molar refractivity (Wildman–Crippen MR) is 88.0 cm³/mol. The van der Waals surface area contributed by atoms with Crippen LogP contribution in [0.15, 0.2) is 33.5 Å². The zero-order valence-electron chi connectivity index (χ0n) is 13.1. The fraction of sp³-hybridized carbons (Fsp3) is 0.412. The molecular weight excluding hydrogens is 278 g/mol. The van der Waals surface area contributed by atoms with Crippen LogP contribution in [0, 0.1) is 0 Å². The van der Waals surface area contributed by atoms with E-state index in [4.69, 9.17) is 4.42 Å². The van der Waals surface area contributed by atoms with Crippen LogP contribution >= 0.6 is 0 Å². The second-order valence-electron chi connectivity index (χ2n) is 5.51. The molecule has 0 aliphatic rings. The van der Waals surface area contributed by atoms with Crippen molar-refractivity contribution in [3.63, 3.8) is 0 Å². The largest absolute Gasteiger partial charge is 0.449 e. The molecule has 3 rings (SSSR count). The van der Waals surface area contributed by atoms with Gasteiger partial charge in [-0.2, -0.15) is 0 Å². The Morgan fingerprint density at radius 2 is 2.09 bits per heavy atom. The Bertz CT molecular complexity index is 835. The first-order chi connectivity index (χ1) is 10.7. The number of nitrogens with one attached hydrogen (secondary N) is 1. The van der Waals surface area contributed by atoms with Gasteiger partial charge in [0.05, 0.1) is 6.54 Å². The number of rotatable bonds is 6. The van der Waals surface area contributed by atoms with Gasteiger partial charge in [0.15, 0.2) is 0 Å². The van der Waals surface area contributed by atoms with E-state index in [9.17, 15) is 4.79 Å². The van der Waals surface area contributed by atoms with Gasteiger partial charge in [0.25, 0.3) is 5.56 Å². The van der Waals surface area contributed by atoms with E-state index < -0.39 is 0 Å². The Hall–Kier alpha value is -2.14. The Balaban J connectivity index is 2.00. The van der Waals surface area contributed by atoms with E-state index in [1.165, 1.54) is 0 Å². The molecule has 0 unspecified atom stereocenters. The van der Waals surface area contributed by atoms with Crippen molar-refractivity contribution in [1.29, 1.82) is 0 Å². The van der Waals surface area contributed by atoms with Crippen molar-refractivity contribution in [3.8, 4) is 0 Å². The highest BCUT2D eigenvalue weighted by Gasteiger charge is 2.14. The van der Waals surface area contributed by atoms with Gasteiger partial charge in [-0.25, -0.2) is 4.98 Å². The molecule has 0 saturated carbocycles. The molecule has 0 amide bonds. The quantitative estimate of drug-likeness (QED) is 0.758. The average Bonchev–Trinajstić information content (AvgIpc) is 2.91. The van der Waals surface area contributed by atoms with E-state index in [1.807, 2.05) is 24.3 Å². The van der Waals surface area contributed by atoms with Gasteiger partial charge < -0.3 is 9.40 Å². The topological polar surface area (TPSA) is 62.1 Å². The Labute approximate surface area is 129 Å². The predicted octanol–water partition coefficient (Wildman–Crippen LogP) is 3.29. The van der Waals surface area contributed by atoms with Crippen molar-refractivity contribution >= 4 is 22.1 Å². The molecule has 0 radical (unpaired) electrons. The lowest BCUT2D eigenvalue weighted by Gasteiger charge is -2.19. The first kappa shape index (κ1) is 14.8. The fourth-order valence-electron chi connectivity index (χ4n) is 2.66. The molecule has 2 heterocycles. The lowest BCUT2D eigenvalue weighted by molar-refractivity contribution is 0.268. The number of hydrogen-bond acceptors (Lipinski definition) is 4. The van der Waals surface area contributed by atoms with Crippen LogP contribution in [-0.4, -0.2) is 28.0 Å². The first-order valence-corrected chi connectivity index (χ1v) is 7.85. The number of aromatic amines is 1. The number of para-hydroxylation sites is 1. The van der Waals surface area contributed by atoms with Crippen molar-refractivity contribution in [1.82, 2.24) is 14.9 Å². The minimum Gasteiger partial charge on any atom is -0.449 e. The third-order valence-electron chi connectivity index (χ3n) is 3.93. The van der Waals surface area contributed by atoms with Crippen LogP contribution in [0.5, 0.6) is 0 Å². The minimum atomic E-state index is -0.206. The zero-order chi connectivity index (χ0) is 15.5. The number of nitrogens with zero attached hydrogens (tertiary/aromatic N) is 2. The van der Waals surface area contributed by atoms with Crippen molar-refractivity contribution in [2.75, 3.05) is 13.1 Å². The molecule has 1 aromatic carbocycles. The molecule has 0 aliphatic carbocycles. The van der Waals surface area contributed by atoms with Crippen LogP contribution in [-0.2, 0) is 6.54 Å². The molecule has 5 nitrogen and oxygen atoms in total. The van der Waals surface area contributed by atoms with Crippen LogP contribution in [0.1, 0.15) is 32.5 Å². The van der Waals surface area contributed by atoms with Gasteiger partial charge in [-0.3, -0.25) is 9.69 Å². The molecule has 5 heteroatoms. The molecule has 0 aliphatic heterocycles. The Morgan fingerprint density at radius 1 is 1.27 bits per heavy atom. The number of furan rings is 1. The summed E-state index contributed by atoms with van der Waals surface area (Å²) in [5.74, 6) is 0.696. The summed E-state index contributed by atoms with van der Waals surface area (Å²) in [5.41, 5.74) is 1.45. The highest BCUT2D eigenvalue weighted by Crippen LogP contribution is 2.24. The third-order valence-corrected chi connectivity index (χ3v) is 3.93. The van der Waals surface area contributed by atoms with Gasteiger partial charge in [-0.05, 0) is 31.6 Å². The standard InChI is InChI=1S/C17H21N3O2/c1-3-5-10-20(4-2)11-14-18-15-12-8-6-7-9-13(12)22-16(15)17(21)19-14/h6-9H,3-5,10-11H2,1-2H3,(H,18,19,21). The van der Waals surface area contributed by atoms with Gasteiger partial charge in [0, 0.05) is 5.39 Å². The van der Waals surface area contributed by atoms with Gasteiger partial charge in [0.2, 0.25) is 5.58 Å². The van der Waals surface area contributed by atoms with Crippen LogP contribution in [0.2, 0.25) is 0 Å². The first-order valence-electron chi connectivity index (χ1n) is 7.85. The van der Waals surface area contributed by atoms with E-state index in [0.29, 0.717) is 29.1 Å². The van der Waals surface area contributed by atoms with Gasteiger partial charge in [-0.1, -0.05) is 32.4 Å². The molecule has 3 aromatic rings. The highest BCUT2D eigenvalue weighted by atomic mass is 16.3. The molecule has 22 heavy (non-hydrogen) atoms. The Kier molecular flexibility index (Phi) is 4.24. The molecule has 0 spiro atoms. The number of aromatic nitrogens is 2. The maximum Gasteiger partial charge on any atom is 0.294 e. The molecule has 0 bridgehead atoms. The summed E-state index contributed by atoms with van der Waals surface area (Å²) in [6.07, 6.45) is 2.31. The van der Waals surface area contributed by atoms with E-state index in [0.717, 1.165) is 31.3 Å². The highest BCUT2D eigenvalue weighted by molar-refractivity contribution is 6.01. The second-order valence-corrected chi connectivity index (χ2v) is 5.51. The molecule has 0 atom stereocenters. The summed E-state index contributed by atoms with van der Waals surface area (Å²) in [4.78, 5) is 22.0. The summed E-state index contributed by atoms with van der Waals surface area (Å²) in [6.45, 7) is 6.91. The number of fused-ring (bicyclic) bond motifs is 3. The average molecular weight is 299 g/mol. The SMILES string of the molecule is CCCCN(CC)Cc1nc2c(oc3ccccc32)c(=O)[nH]1. The summed E-state index contributed by atoms with van der Waals surface area (Å²) < 4.78 is 5.61. The Morgan fingerprint density at radius 3 is 2.86 bits per heavy atom. The second kappa shape index (κ2) is 6.32. The van der Waals surface area contributed by atoms with Crippen LogP contribution in [0.4, 0.5) is 0 Å². The molecule has 0 saturated heterocycles. The number of benzene rings is 1. The van der Waals surface area contributed by atoms with E-state index in [2.05, 4.69) is 28.7 Å². The van der Waals surface area contributed by atoms with Crippen molar-refractivity contribution in [2.45, 2.75) is 33.2 Å². The number of H-pyrrole nitrogens is 1. The molecule has 116 valence electrons.